The lowest BCUT2D eigenvalue weighted by atomic mass is 9.82. The van der Waals surface area contributed by atoms with Crippen molar-refractivity contribution in [1.29, 1.82) is 0 Å². The van der Waals surface area contributed by atoms with Crippen LogP contribution < -0.4 is 6.15 Å². The SMILES string of the molecule is Cl.N.c1ccc(C(PC(c2ccccc2)(c2ccccc2)c2ccccc2)(c2ccccc2)c2ccccc2)cc1. The third-order valence-corrected chi connectivity index (χ3v) is 10.1. The maximum atomic E-state index is 2.30. The van der Waals surface area contributed by atoms with E-state index < -0.39 is 10.3 Å². The predicted octanol–water partition coefficient (Wildman–Crippen LogP) is 10.2. The van der Waals surface area contributed by atoms with E-state index in [-0.39, 0.29) is 18.6 Å². The van der Waals surface area contributed by atoms with Crippen LogP contribution >= 0.6 is 21.0 Å². The van der Waals surface area contributed by atoms with Crippen LogP contribution in [0.15, 0.2) is 182 Å². The van der Waals surface area contributed by atoms with E-state index in [0.29, 0.717) is 8.58 Å². The number of rotatable bonds is 8. The highest BCUT2D eigenvalue weighted by Gasteiger charge is 2.47. The molecule has 0 aliphatic rings. The lowest BCUT2D eigenvalue weighted by molar-refractivity contribution is 0.815. The van der Waals surface area contributed by atoms with Gasteiger partial charge in [-0.15, -0.1) is 12.4 Å². The molecular weight excluding hydrogens is 537 g/mol. The van der Waals surface area contributed by atoms with Crippen LogP contribution in [-0.4, -0.2) is 0 Å². The second-order valence-electron chi connectivity index (χ2n) is 9.82. The van der Waals surface area contributed by atoms with Crippen molar-refractivity contribution in [1.82, 2.24) is 6.15 Å². The highest BCUT2D eigenvalue weighted by molar-refractivity contribution is 7.42. The number of hydrogen-bond acceptors (Lipinski definition) is 1. The van der Waals surface area contributed by atoms with Crippen molar-refractivity contribution < 1.29 is 0 Å². The molecule has 41 heavy (non-hydrogen) atoms. The minimum Gasteiger partial charge on any atom is -0.344 e. The molecule has 0 aliphatic heterocycles. The van der Waals surface area contributed by atoms with Crippen LogP contribution in [0.25, 0.3) is 0 Å². The lowest BCUT2D eigenvalue weighted by Crippen LogP contribution is -2.34. The summed E-state index contributed by atoms with van der Waals surface area (Å²) in [5, 5.41) is -0.795. The van der Waals surface area contributed by atoms with E-state index >= 15 is 0 Å². The van der Waals surface area contributed by atoms with E-state index in [1.807, 2.05) is 0 Å². The molecule has 3 heteroatoms. The Hall–Kier alpha value is -4.00. The van der Waals surface area contributed by atoms with Gasteiger partial charge in [0.05, 0.1) is 10.3 Å². The highest BCUT2D eigenvalue weighted by Crippen LogP contribution is 2.65. The average molecular weight is 572 g/mol. The maximum Gasteiger partial charge on any atom is 0.0635 e. The summed E-state index contributed by atoms with van der Waals surface area (Å²) in [6, 6.07) is 66.5. The largest absolute Gasteiger partial charge is 0.344 e. The highest BCUT2D eigenvalue weighted by atomic mass is 35.5. The van der Waals surface area contributed by atoms with Crippen LogP contribution in [0.3, 0.4) is 0 Å². The normalized spacial score (nSPS) is 11.1. The molecule has 6 aromatic carbocycles. The van der Waals surface area contributed by atoms with E-state index in [1.54, 1.807) is 0 Å². The van der Waals surface area contributed by atoms with Gasteiger partial charge < -0.3 is 6.15 Å². The van der Waals surface area contributed by atoms with Gasteiger partial charge in [0.1, 0.15) is 0 Å². The van der Waals surface area contributed by atoms with E-state index in [0.717, 1.165) is 0 Å². The van der Waals surface area contributed by atoms with E-state index in [9.17, 15) is 0 Å². The smallest absolute Gasteiger partial charge is 0.0635 e. The van der Waals surface area contributed by atoms with Crippen LogP contribution in [0.2, 0.25) is 0 Å². The fourth-order valence-electron chi connectivity index (χ4n) is 5.84. The first-order valence-corrected chi connectivity index (χ1v) is 14.5. The summed E-state index contributed by atoms with van der Waals surface area (Å²) in [6.45, 7) is 0. The second kappa shape index (κ2) is 13.6. The van der Waals surface area contributed by atoms with Crippen LogP contribution in [0, 0.1) is 0 Å². The summed E-state index contributed by atoms with van der Waals surface area (Å²) in [4.78, 5) is 0. The van der Waals surface area contributed by atoms with Gasteiger partial charge in [-0.05, 0) is 33.4 Å². The van der Waals surface area contributed by atoms with Crippen molar-refractivity contribution in [2.24, 2.45) is 0 Å². The molecule has 6 rings (SSSR count). The van der Waals surface area contributed by atoms with Crippen molar-refractivity contribution in [2.45, 2.75) is 10.3 Å². The van der Waals surface area contributed by atoms with E-state index in [1.165, 1.54) is 33.4 Å². The van der Waals surface area contributed by atoms with Crippen molar-refractivity contribution in [3.05, 3.63) is 215 Å². The Kier molecular flexibility index (Phi) is 9.92. The van der Waals surface area contributed by atoms with Gasteiger partial charge in [0.15, 0.2) is 0 Å². The van der Waals surface area contributed by atoms with Gasteiger partial charge >= 0.3 is 0 Å². The molecule has 3 N–H and O–H groups in total. The van der Waals surface area contributed by atoms with Crippen molar-refractivity contribution in [2.75, 3.05) is 0 Å². The quantitative estimate of drug-likeness (QED) is 0.143. The molecule has 0 spiro atoms. The maximum absolute atomic E-state index is 2.30. The summed E-state index contributed by atoms with van der Waals surface area (Å²) >= 11 is 0. The number of halogens is 1. The van der Waals surface area contributed by atoms with Crippen LogP contribution in [0.5, 0.6) is 0 Å². The minimum atomic E-state index is -0.398. The summed E-state index contributed by atoms with van der Waals surface area (Å²) in [5.74, 6) is 0. The van der Waals surface area contributed by atoms with E-state index in [4.69, 9.17) is 0 Å². The molecule has 1 nitrogen and oxygen atoms in total. The zero-order chi connectivity index (χ0) is 26.4. The molecule has 0 saturated carbocycles. The van der Waals surface area contributed by atoms with Crippen LogP contribution in [-0.2, 0) is 10.3 Å². The Morgan fingerprint density at radius 2 is 0.415 bits per heavy atom. The average Bonchev–Trinajstić information content (AvgIpc) is 3.04. The molecule has 0 saturated heterocycles. The molecule has 0 amide bonds. The standard InChI is InChI=1S/C38H31P.ClH.H3N/c1-7-19-31(20-8-1)37(32-21-9-2-10-22-32,33-23-11-3-12-24-33)39-38(34-25-13-4-14-26-34,35-27-15-5-16-28-35)36-29-17-6-18-30-36;;/h1-30,39H;1H;1H3. The Morgan fingerprint density at radius 3 is 0.561 bits per heavy atom. The zero-order valence-corrected chi connectivity index (χ0v) is 24.8. The van der Waals surface area contributed by atoms with Gasteiger partial charge in [0.25, 0.3) is 0 Å². The molecule has 204 valence electrons. The zero-order valence-electron chi connectivity index (χ0n) is 22.9. The summed E-state index contributed by atoms with van der Waals surface area (Å²) in [6.07, 6.45) is 0. The van der Waals surface area contributed by atoms with Gasteiger partial charge in [0.2, 0.25) is 0 Å². The summed E-state index contributed by atoms with van der Waals surface area (Å²) in [5.41, 5.74) is 7.79. The van der Waals surface area contributed by atoms with Gasteiger partial charge in [-0.1, -0.05) is 191 Å². The monoisotopic (exact) mass is 571 g/mol. The fourth-order valence-corrected chi connectivity index (χ4v) is 8.27. The third-order valence-electron chi connectivity index (χ3n) is 7.62. The molecule has 0 aromatic heterocycles. The molecule has 0 heterocycles. The van der Waals surface area contributed by atoms with Crippen molar-refractivity contribution >= 4 is 21.0 Å². The number of benzene rings is 6. The predicted molar refractivity (Wildman–Crippen MR) is 179 cm³/mol. The van der Waals surface area contributed by atoms with Crippen molar-refractivity contribution in [3.8, 4) is 0 Å². The first-order chi connectivity index (χ1) is 19.3. The molecule has 0 atom stereocenters. The van der Waals surface area contributed by atoms with Crippen molar-refractivity contribution in [3.63, 3.8) is 0 Å². The van der Waals surface area contributed by atoms with Gasteiger partial charge in [-0.2, -0.15) is 0 Å². The van der Waals surface area contributed by atoms with Gasteiger partial charge in [-0.25, -0.2) is 0 Å². The van der Waals surface area contributed by atoms with Gasteiger partial charge in [0, 0.05) is 0 Å². The summed E-state index contributed by atoms with van der Waals surface area (Å²) < 4.78 is 0. The molecular formula is C38H35ClNP. The van der Waals surface area contributed by atoms with Crippen LogP contribution in [0.1, 0.15) is 33.4 Å². The fraction of sp³-hybridized carbons (Fsp3) is 0.0526. The topological polar surface area (TPSA) is 35.0 Å². The molecule has 0 bridgehead atoms. The third kappa shape index (κ3) is 5.63. The number of hydrogen-bond donors (Lipinski definition) is 1. The molecule has 0 aliphatic carbocycles. The first kappa shape index (κ1) is 30.0. The second-order valence-corrected chi connectivity index (χ2v) is 11.6. The first-order valence-electron chi connectivity index (χ1n) is 13.5. The summed E-state index contributed by atoms with van der Waals surface area (Å²) in [7, 11) is 0.420. The Morgan fingerprint density at radius 1 is 0.268 bits per heavy atom. The minimum absolute atomic E-state index is 0. The molecule has 0 unspecified atom stereocenters. The van der Waals surface area contributed by atoms with E-state index in [2.05, 4.69) is 182 Å². The molecule has 0 fully saturated rings. The molecule has 6 aromatic rings. The molecule has 0 radical (unpaired) electrons. The Bertz CT molecular complexity index is 1280. The lowest BCUT2D eigenvalue weighted by Gasteiger charge is -2.46. The van der Waals surface area contributed by atoms with Crippen LogP contribution in [0.4, 0.5) is 0 Å². The Balaban J connectivity index is 0.00000194. The Labute approximate surface area is 252 Å². The van der Waals surface area contributed by atoms with Gasteiger partial charge in [-0.3, -0.25) is 0 Å².